The van der Waals surface area contributed by atoms with E-state index in [1.54, 1.807) is 0 Å². The molecular formula is C17H28FN5O3SSi. The van der Waals surface area contributed by atoms with E-state index in [4.69, 9.17) is 14.9 Å². The number of nitrogen functional groups attached to an aromatic ring is 1. The molecule has 1 aliphatic heterocycles. The number of aromatic nitrogens is 4. The van der Waals surface area contributed by atoms with E-state index < -0.39 is 32.9 Å². The van der Waals surface area contributed by atoms with Crippen molar-refractivity contribution in [1.82, 2.24) is 19.7 Å². The molecule has 3 N–H and O–H groups in total. The van der Waals surface area contributed by atoms with Gasteiger partial charge in [0.15, 0.2) is 26.4 Å². The summed E-state index contributed by atoms with van der Waals surface area (Å²) in [6, 6.07) is 0. The number of aliphatic hydroxyl groups is 1. The van der Waals surface area contributed by atoms with Crippen molar-refractivity contribution in [1.29, 1.82) is 0 Å². The number of nitrogens with two attached hydrogens (primary N) is 1. The van der Waals surface area contributed by atoms with E-state index in [2.05, 4.69) is 35.8 Å². The standard InChI is InChI=1S/C17H28FN5O3SSi/c1-17(2,3)28(5,6)26-12-9(7-24)25-16(11(12)18)23-14-10(15(22-23)27-4)13(19)20-8-21-14/h8-9,11-12,16,24H,7H2,1-6H3,(H2,19,20,21)/t9-,11+,12-,16-/m1/s1. The van der Waals surface area contributed by atoms with Crippen molar-refractivity contribution in [2.24, 2.45) is 0 Å². The maximum atomic E-state index is 15.6. The number of ether oxygens (including phenoxy) is 1. The number of nitrogens with zero attached hydrogens (tertiary/aromatic N) is 4. The first-order valence-electron chi connectivity index (χ1n) is 9.12. The third kappa shape index (κ3) is 3.54. The van der Waals surface area contributed by atoms with E-state index in [-0.39, 0.29) is 17.5 Å². The molecule has 3 heterocycles. The van der Waals surface area contributed by atoms with Crippen molar-refractivity contribution < 1.29 is 18.7 Å². The lowest BCUT2D eigenvalue weighted by Crippen LogP contribution is -2.49. The molecule has 0 bridgehead atoms. The van der Waals surface area contributed by atoms with Gasteiger partial charge in [0.2, 0.25) is 0 Å². The molecule has 0 unspecified atom stereocenters. The van der Waals surface area contributed by atoms with Crippen LogP contribution in [0.5, 0.6) is 0 Å². The van der Waals surface area contributed by atoms with Crippen LogP contribution in [0.1, 0.15) is 27.0 Å². The summed E-state index contributed by atoms with van der Waals surface area (Å²) in [5.41, 5.74) is 6.38. The highest BCUT2D eigenvalue weighted by molar-refractivity contribution is 7.98. The summed E-state index contributed by atoms with van der Waals surface area (Å²) in [6.07, 6.45) is -1.09. The maximum Gasteiger partial charge on any atom is 0.192 e. The minimum absolute atomic E-state index is 0.100. The van der Waals surface area contributed by atoms with Crippen LogP contribution in [0.25, 0.3) is 11.0 Å². The monoisotopic (exact) mass is 429 g/mol. The molecule has 0 aliphatic carbocycles. The third-order valence-electron chi connectivity index (χ3n) is 5.60. The van der Waals surface area contributed by atoms with E-state index in [1.165, 1.54) is 22.8 Å². The Morgan fingerprint density at radius 1 is 1.39 bits per heavy atom. The first-order chi connectivity index (χ1) is 13.0. The van der Waals surface area contributed by atoms with Gasteiger partial charge in [0.1, 0.15) is 29.4 Å². The molecule has 0 spiro atoms. The zero-order chi connectivity index (χ0) is 20.9. The van der Waals surface area contributed by atoms with E-state index in [0.29, 0.717) is 16.1 Å². The molecule has 2 aromatic rings. The molecule has 0 radical (unpaired) electrons. The summed E-state index contributed by atoms with van der Waals surface area (Å²) in [5, 5.41) is 15.3. The average molecular weight is 430 g/mol. The van der Waals surface area contributed by atoms with Gasteiger partial charge < -0.3 is 20.0 Å². The highest BCUT2D eigenvalue weighted by atomic mass is 32.2. The number of anilines is 1. The van der Waals surface area contributed by atoms with Crippen molar-refractivity contribution >= 4 is 36.9 Å². The fourth-order valence-electron chi connectivity index (χ4n) is 2.98. The first kappa shape index (κ1) is 21.4. The molecule has 4 atom stereocenters. The van der Waals surface area contributed by atoms with Crippen LogP contribution in [-0.2, 0) is 9.16 Å². The average Bonchev–Trinajstić information content (AvgIpc) is 3.13. The van der Waals surface area contributed by atoms with Gasteiger partial charge in [0.05, 0.1) is 12.0 Å². The highest BCUT2D eigenvalue weighted by Gasteiger charge is 2.51. The Balaban J connectivity index is 1.99. The van der Waals surface area contributed by atoms with Gasteiger partial charge in [-0.15, -0.1) is 11.8 Å². The molecule has 156 valence electrons. The van der Waals surface area contributed by atoms with Gasteiger partial charge in [-0.2, -0.15) is 5.10 Å². The van der Waals surface area contributed by atoms with Crippen LogP contribution in [0.3, 0.4) is 0 Å². The predicted octanol–water partition coefficient (Wildman–Crippen LogP) is 2.75. The van der Waals surface area contributed by atoms with Crippen molar-refractivity contribution in [2.75, 3.05) is 18.6 Å². The van der Waals surface area contributed by atoms with Gasteiger partial charge >= 0.3 is 0 Å². The molecule has 0 aromatic carbocycles. The Hall–Kier alpha value is -1.27. The van der Waals surface area contributed by atoms with Crippen molar-refractivity contribution in [3.05, 3.63) is 6.33 Å². The van der Waals surface area contributed by atoms with Crippen LogP contribution in [0.2, 0.25) is 18.1 Å². The van der Waals surface area contributed by atoms with E-state index in [0.717, 1.165) is 0 Å². The Bertz CT molecular complexity index is 859. The molecule has 2 aromatic heterocycles. The van der Waals surface area contributed by atoms with Crippen LogP contribution in [0.4, 0.5) is 10.2 Å². The lowest BCUT2D eigenvalue weighted by Gasteiger charge is -2.39. The number of hydrogen-bond acceptors (Lipinski definition) is 8. The van der Waals surface area contributed by atoms with Crippen molar-refractivity contribution in [2.45, 2.75) is 68.5 Å². The van der Waals surface area contributed by atoms with Crippen LogP contribution in [-0.4, -0.2) is 64.4 Å². The quantitative estimate of drug-likeness (QED) is 0.552. The fourth-order valence-corrected chi connectivity index (χ4v) is 4.87. The number of rotatable bonds is 5. The number of thioether (sulfide) groups is 1. The predicted molar refractivity (Wildman–Crippen MR) is 109 cm³/mol. The maximum absolute atomic E-state index is 15.6. The molecule has 1 saturated heterocycles. The second-order valence-corrected chi connectivity index (χ2v) is 14.0. The Kier molecular flexibility index (Phi) is 5.76. The molecule has 28 heavy (non-hydrogen) atoms. The van der Waals surface area contributed by atoms with E-state index >= 15 is 4.39 Å². The van der Waals surface area contributed by atoms with Crippen LogP contribution >= 0.6 is 11.8 Å². The lowest BCUT2D eigenvalue weighted by molar-refractivity contribution is -0.0497. The SMILES string of the molecule is CSc1nn([C@@H]2O[C@H](CO)[C@@H](O[Si](C)(C)C(C)(C)C)[C@@H]2F)c2ncnc(N)c12. The fraction of sp³-hybridized carbons (Fsp3) is 0.706. The van der Waals surface area contributed by atoms with Crippen LogP contribution in [0, 0.1) is 0 Å². The van der Waals surface area contributed by atoms with Gasteiger partial charge in [-0.05, 0) is 24.4 Å². The van der Waals surface area contributed by atoms with E-state index in [1.807, 2.05) is 19.3 Å². The number of alkyl halides is 1. The normalized spacial score (nSPS) is 26.3. The summed E-state index contributed by atoms with van der Waals surface area (Å²) in [6.45, 7) is 9.99. The molecule has 0 saturated carbocycles. The summed E-state index contributed by atoms with van der Waals surface area (Å²) < 4.78 is 29.1. The van der Waals surface area contributed by atoms with Gasteiger partial charge in [-0.1, -0.05) is 20.8 Å². The van der Waals surface area contributed by atoms with E-state index in [9.17, 15) is 5.11 Å². The number of hydrogen-bond donors (Lipinski definition) is 2. The Morgan fingerprint density at radius 3 is 2.64 bits per heavy atom. The summed E-state index contributed by atoms with van der Waals surface area (Å²) in [7, 11) is -2.28. The number of fused-ring (bicyclic) bond motifs is 1. The molecule has 3 rings (SSSR count). The smallest absolute Gasteiger partial charge is 0.192 e. The molecule has 8 nitrogen and oxygen atoms in total. The van der Waals surface area contributed by atoms with Gasteiger partial charge in [0.25, 0.3) is 0 Å². The van der Waals surface area contributed by atoms with Gasteiger partial charge in [-0.3, -0.25) is 0 Å². The molecular weight excluding hydrogens is 401 g/mol. The first-order valence-corrected chi connectivity index (χ1v) is 13.3. The molecule has 11 heteroatoms. The van der Waals surface area contributed by atoms with Crippen molar-refractivity contribution in [3.8, 4) is 0 Å². The van der Waals surface area contributed by atoms with Crippen LogP contribution < -0.4 is 5.73 Å². The van der Waals surface area contributed by atoms with Crippen LogP contribution in [0.15, 0.2) is 11.4 Å². The molecule has 1 fully saturated rings. The zero-order valence-electron chi connectivity index (χ0n) is 17.0. The largest absolute Gasteiger partial charge is 0.408 e. The minimum atomic E-state index is -2.28. The number of halogens is 1. The second-order valence-electron chi connectivity index (χ2n) is 8.45. The minimum Gasteiger partial charge on any atom is -0.408 e. The van der Waals surface area contributed by atoms with Crippen molar-refractivity contribution in [3.63, 3.8) is 0 Å². The van der Waals surface area contributed by atoms with Gasteiger partial charge in [0, 0.05) is 0 Å². The topological polar surface area (TPSA) is 108 Å². The molecule has 0 amide bonds. The summed E-state index contributed by atoms with van der Waals surface area (Å²) in [5.74, 6) is 0.279. The van der Waals surface area contributed by atoms with Gasteiger partial charge in [-0.25, -0.2) is 19.0 Å². The molecule has 1 aliphatic rings. The lowest BCUT2D eigenvalue weighted by atomic mass is 10.1. The Morgan fingerprint density at radius 2 is 2.07 bits per heavy atom. The second kappa shape index (κ2) is 7.52. The third-order valence-corrected chi connectivity index (χ3v) is 10.8. The highest BCUT2D eigenvalue weighted by Crippen LogP contribution is 2.43. The Labute approximate surface area is 169 Å². The summed E-state index contributed by atoms with van der Waals surface area (Å²) in [4.78, 5) is 8.24. The summed E-state index contributed by atoms with van der Waals surface area (Å²) >= 11 is 1.37. The number of aliphatic hydroxyl groups excluding tert-OH is 1. The zero-order valence-corrected chi connectivity index (χ0v) is 18.8.